The van der Waals surface area contributed by atoms with E-state index in [2.05, 4.69) is 16.9 Å². The van der Waals surface area contributed by atoms with Crippen LogP contribution in [0, 0.1) is 0 Å². The number of hydrogen-bond acceptors (Lipinski definition) is 5. The normalized spacial score (nSPS) is 15.3. The van der Waals surface area contributed by atoms with Gasteiger partial charge in [0.2, 0.25) is 10.0 Å². The third-order valence-electron chi connectivity index (χ3n) is 5.58. The molecule has 32 heavy (non-hydrogen) atoms. The summed E-state index contributed by atoms with van der Waals surface area (Å²) in [6.45, 7) is 0.312. The summed E-state index contributed by atoms with van der Waals surface area (Å²) in [5.74, 6) is 0.233. The molecule has 0 saturated carbocycles. The number of rotatable bonds is 7. The lowest BCUT2D eigenvalue weighted by atomic mass is 9.97. The number of ether oxygens (including phenoxy) is 1. The average molecular weight is 468 g/mol. The second-order valence-corrected chi connectivity index (χ2v) is 10.5. The van der Waals surface area contributed by atoms with Gasteiger partial charge in [0.1, 0.15) is 0 Å². The Labute approximate surface area is 193 Å². The first-order chi connectivity index (χ1) is 15.5. The van der Waals surface area contributed by atoms with Crippen LogP contribution in [0.25, 0.3) is 0 Å². The number of esters is 1. The first kappa shape index (κ1) is 22.6. The van der Waals surface area contributed by atoms with Gasteiger partial charge < -0.3 is 4.74 Å². The zero-order valence-electron chi connectivity index (χ0n) is 17.8. The molecule has 0 aromatic heterocycles. The molecule has 0 radical (unpaired) electrons. The number of sulfonamides is 1. The minimum Gasteiger partial charge on any atom is -0.465 e. The van der Waals surface area contributed by atoms with Gasteiger partial charge in [-0.05, 0) is 59.4 Å². The van der Waals surface area contributed by atoms with E-state index in [0.717, 1.165) is 18.4 Å². The van der Waals surface area contributed by atoms with E-state index in [1.54, 1.807) is 42.1 Å². The highest BCUT2D eigenvalue weighted by molar-refractivity contribution is 7.99. The number of nitrogens with one attached hydrogen (secondary N) is 1. The smallest absolute Gasteiger partial charge is 0.337 e. The van der Waals surface area contributed by atoms with Crippen molar-refractivity contribution in [2.24, 2.45) is 0 Å². The van der Waals surface area contributed by atoms with Crippen LogP contribution in [-0.4, -0.2) is 33.8 Å². The molecule has 7 heteroatoms. The molecule has 1 aliphatic carbocycles. The Morgan fingerprint density at radius 3 is 2.41 bits per heavy atom. The van der Waals surface area contributed by atoms with E-state index in [9.17, 15) is 13.2 Å². The maximum Gasteiger partial charge on any atom is 0.337 e. The van der Waals surface area contributed by atoms with Crippen LogP contribution in [0.2, 0.25) is 0 Å². The molecule has 0 heterocycles. The van der Waals surface area contributed by atoms with Gasteiger partial charge in [0, 0.05) is 12.3 Å². The van der Waals surface area contributed by atoms with Gasteiger partial charge in [-0.3, -0.25) is 0 Å². The van der Waals surface area contributed by atoms with Gasteiger partial charge in [0.15, 0.2) is 0 Å². The van der Waals surface area contributed by atoms with E-state index in [4.69, 9.17) is 4.74 Å². The Balaban J connectivity index is 1.56. The molecule has 0 saturated heterocycles. The number of fused-ring (bicyclic) bond motifs is 2. The van der Waals surface area contributed by atoms with E-state index in [0.29, 0.717) is 17.9 Å². The maximum atomic E-state index is 12.5. The standard InChI is InChI=1S/C25H25NO4S2/c1-30-25(27)20-14-13-19-12-11-18-7-5-6-10-22(18)24(23(19)17-20)31-16-15-26-32(28,29)21-8-3-2-4-9-21/h2-10,13-14,17,24,26H,11-12,15-16H2,1H3. The second-order valence-electron chi connectivity index (χ2n) is 7.57. The Morgan fingerprint density at radius 2 is 1.66 bits per heavy atom. The largest absolute Gasteiger partial charge is 0.465 e. The number of thioether (sulfide) groups is 1. The van der Waals surface area contributed by atoms with Crippen molar-refractivity contribution in [1.29, 1.82) is 0 Å². The molecular formula is C25H25NO4S2. The Bertz CT molecular complexity index is 1210. The van der Waals surface area contributed by atoms with Gasteiger partial charge in [0.05, 0.1) is 22.8 Å². The zero-order chi connectivity index (χ0) is 22.6. The number of carbonyl (C=O) groups is 1. The van der Waals surface area contributed by atoms with Crippen molar-refractivity contribution in [2.75, 3.05) is 19.4 Å². The van der Waals surface area contributed by atoms with Crippen LogP contribution in [0.3, 0.4) is 0 Å². The van der Waals surface area contributed by atoms with Crippen molar-refractivity contribution >= 4 is 27.8 Å². The molecule has 0 amide bonds. The van der Waals surface area contributed by atoms with Gasteiger partial charge in [-0.15, -0.1) is 11.8 Å². The van der Waals surface area contributed by atoms with Crippen LogP contribution in [0.4, 0.5) is 0 Å². The predicted octanol–water partition coefficient (Wildman–Crippen LogP) is 4.37. The minimum atomic E-state index is -3.54. The Hall–Kier alpha value is -2.61. The predicted molar refractivity (Wildman–Crippen MR) is 128 cm³/mol. The van der Waals surface area contributed by atoms with Gasteiger partial charge in [0.25, 0.3) is 0 Å². The average Bonchev–Trinajstić information content (AvgIpc) is 2.98. The third-order valence-corrected chi connectivity index (χ3v) is 8.34. The number of aryl methyl sites for hydroxylation is 2. The van der Waals surface area contributed by atoms with Gasteiger partial charge >= 0.3 is 5.97 Å². The Kier molecular flexibility index (Phi) is 6.98. The molecule has 3 aromatic rings. The molecule has 1 aliphatic rings. The summed E-state index contributed by atoms with van der Waals surface area (Å²) in [5, 5.41) is 0.00883. The number of benzene rings is 3. The molecule has 0 aliphatic heterocycles. The lowest BCUT2D eigenvalue weighted by molar-refractivity contribution is 0.0600. The Morgan fingerprint density at radius 1 is 0.969 bits per heavy atom. The van der Waals surface area contributed by atoms with Gasteiger partial charge in [-0.25, -0.2) is 17.9 Å². The lowest BCUT2D eigenvalue weighted by Crippen LogP contribution is -2.26. The fraction of sp³-hybridized carbons (Fsp3) is 0.240. The number of carbonyl (C=O) groups excluding carboxylic acids is 1. The summed E-state index contributed by atoms with van der Waals surface area (Å²) in [7, 11) is -2.15. The molecule has 1 unspecified atom stereocenters. The minimum absolute atomic E-state index is 0.00883. The van der Waals surface area contributed by atoms with Crippen LogP contribution >= 0.6 is 11.8 Å². The summed E-state index contributed by atoms with van der Waals surface area (Å²) in [5.41, 5.74) is 5.32. The van der Waals surface area contributed by atoms with Gasteiger partial charge in [-0.2, -0.15) is 0 Å². The lowest BCUT2D eigenvalue weighted by Gasteiger charge is -2.21. The topological polar surface area (TPSA) is 72.5 Å². The molecule has 0 bridgehead atoms. The van der Waals surface area contributed by atoms with Crippen LogP contribution in [-0.2, 0) is 27.6 Å². The molecule has 5 nitrogen and oxygen atoms in total. The SMILES string of the molecule is COC(=O)c1ccc2c(c1)C(SCCNS(=O)(=O)c1ccccc1)c1ccccc1CC2. The first-order valence-electron chi connectivity index (χ1n) is 10.4. The molecule has 0 fully saturated rings. The van der Waals surface area contributed by atoms with Crippen molar-refractivity contribution in [3.8, 4) is 0 Å². The molecule has 166 valence electrons. The highest BCUT2D eigenvalue weighted by Gasteiger charge is 2.25. The third kappa shape index (κ3) is 4.90. The summed E-state index contributed by atoms with van der Waals surface area (Å²) < 4.78 is 32.6. The number of methoxy groups -OCH3 is 1. The van der Waals surface area contributed by atoms with Gasteiger partial charge in [-0.1, -0.05) is 48.5 Å². The molecular weight excluding hydrogens is 442 g/mol. The summed E-state index contributed by atoms with van der Waals surface area (Å²) in [4.78, 5) is 12.4. The highest BCUT2D eigenvalue weighted by atomic mass is 32.2. The van der Waals surface area contributed by atoms with Crippen molar-refractivity contribution < 1.29 is 17.9 Å². The molecule has 1 N–H and O–H groups in total. The van der Waals surface area contributed by atoms with Crippen LogP contribution in [0.15, 0.2) is 77.7 Å². The molecule has 4 rings (SSSR count). The van der Waals surface area contributed by atoms with Crippen LogP contribution < -0.4 is 4.72 Å². The van der Waals surface area contributed by atoms with Crippen molar-refractivity contribution in [2.45, 2.75) is 23.0 Å². The second kappa shape index (κ2) is 9.90. The quantitative estimate of drug-likeness (QED) is 0.413. The van der Waals surface area contributed by atoms with Crippen molar-refractivity contribution in [1.82, 2.24) is 4.72 Å². The summed E-state index contributed by atoms with van der Waals surface area (Å²) in [6, 6.07) is 22.5. The molecule has 3 aromatic carbocycles. The van der Waals surface area contributed by atoms with E-state index in [1.807, 2.05) is 30.3 Å². The van der Waals surface area contributed by atoms with E-state index in [1.165, 1.54) is 23.8 Å². The monoisotopic (exact) mass is 467 g/mol. The molecule has 0 spiro atoms. The van der Waals surface area contributed by atoms with E-state index < -0.39 is 10.0 Å². The van der Waals surface area contributed by atoms with Crippen LogP contribution in [0.5, 0.6) is 0 Å². The van der Waals surface area contributed by atoms with Crippen LogP contribution in [0.1, 0.15) is 37.9 Å². The molecule has 1 atom stereocenters. The van der Waals surface area contributed by atoms with E-state index in [-0.39, 0.29) is 16.1 Å². The van der Waals surface area contributed by atoms with E-state index >= 15 is 0 Å². The maximum absolute atomic E-state index is 12.5. The van der Waals surface area contributed by atoms with Crippen molar-refractivity contribution in [3.63, 3.8) is 0 Å². The fourth-order valence-corrected chi connectivity index (χ4v) is 6.43. The van der Waals surface area contributed by atoms with Crippen molar-refractivity contribution in [3.05, 3.63) is 101 Å². The highest BCUT2D eigenvalue weighted by Crippen LogP contribution is 2.42. The zero-order valence-corrected chi connectivity index (χ0v) is 19.4. The fourth-order valence-electron chi connectivity index (χ4n) is 3.98. The number of hydrogen-bond donors (Lipinski definition) is 1. The first-order valence-corrected chi connectivity index (χ1v) is 13.0. The summed E-state index contributed by atoms with van der Waals surface area (Å²) in [6.07, 6.45) is 1.82. The summed E-state index contributed by atoms with van der Waals surface area (Å²) >= 11 is 1.68.